The molecule has 0 atom stereocenters. The topological polar surface area (TPSA) is 54.0 Å². The standard InChI is InChI=1S/C15H21O5/c1-3-5-10-17-11-12-19-20-15(16)13-6-8-14(9-7-13)18-4-2/h6-9,12H,3-5,10-11H2,1-2H3. The first kappa shape index (κ1) is 16.5. The van der Waals surface area contributed by atoms with Crippen LogP contribution < -0.4 is 4.74 Å². The van der Waals surface area contributed by atoms with E-state index in [4.69, 9.17) is 9.47 Å². The van der Waals surface area contributed by atoms with Gasteiger partial charge in [0.2, 0.25) is 0 Å². The Morgan fingerprint density at radius 1 is 1.20 bits per heavy atom. The van der Waals surface area contributed by atoms with Crippen LogP contribution in [0.2, 0.25) is 0 Å². The van der Waals surface area contributed by atoms with E-state index >= 15 is 0 Å². The first-order valence-electron chi connectivity index (χ1n) is 6.77. The smallest absolute Gasteiger partial charge is 0.373 e. The maximum Gasteiger partial charge on any atom is 0.373 e. The van der Waals surface area contributed by atoms with Gasteiger partial charge in [-0.05, 0) is 37.6 Å². The molecular formula is C15H21O5. The SMILES string of the molecule is CCCCOC[CH]OOC(=O)c1ccc(OCC)cc1. The fourth-order valence-corrected chi connectivity index (χ4v) is 1.39. The van der Waals surface area contributed by atoms with Crippen molar-refractivity contribution in [3.8, 4) is 5.75 Å². The van der Waals surface area contributed by atoms with Gasteiger partial charge in [0.25, 0.3) is 0 Å². The van der Waals surface area contributed by atoms with Gasteiger partial charge in [-0.25, -0.2) is 4.79 Å². The molecule has 0 fully saturated rings. The number of hydrogen-bond donors (Lipinski definition) is 0. The second kappa shape index (κ2) is 10.2. The molecule has 0 aliphatic carbocycles. The molecule has 111 valence electrons. The number of carbonyl (C=O) groups excluding carboxylic acids is 1. The van der Waals surface area contributed by atoms with Crippen molar-refractivity contribution in [2.45, 2.75) is 26.7 Å². The van der Waals surface area contributed by atoms with Crippen LogP contribution in [0.4, 0.5) is 0 Å². The van der Waals surface area contributed by atoms with E-state index < -0.39 is 5.97 Å². The average molecular weight is 281 g/mol. The Hall–Kier alpha value is -1.59. The fourth-order valence-electron chi connectivity index (χ4n) is 1.39. The average Bonchev–Trinajstić information content (AvgIpc) is 2.47. The van der Waals surface area contributed by atoms with E-state index in [2.05, 4.69) is 16.7 Å². The van der Waals surface area contributed by atoms with Crippen molar-refractivity contribution >= 4 is 5.97 Å². The highest BCUT2D eigenvalue weighted by Crippen LogP contribution is 2.13. The van der Waals surface area contributed by atoms with E-state index in [9.17, 15) is 4.79 Å². The first-order chi connectivity index (χ1) is 9.77. The lowest BCUT2D eigenvalue weighted by atomic mass is 10.2. The summed E-state index contributed by atoms with van der Waals surface area (Å²) in [7, 11) is 0. The van der Waals surface area contributed by atoms with E-state index in [0.717, 1.165) is 12.8 Å². The Bertz CT molecular complexity index is 374. The van der Waals surface area contributed by atoms with Crippen LogP contribution in [0.5, 0.6) is 5.75 Å². The number of rotatable bonds is 10. The van der Waals surface area contributed by atoms with Crippen LogP contribution in [0.25, 0.3) is 0 Å². The van der Waals surface area contributed by atoms with Gasteiger partial charge in [0.05, 0.1) is 18.8 Å². The zero-order valence-electron chi connectivity index (χ0n) is 12.0. The van der Waals surface area contributed by atoms with Crippen molar-refractivity contribution in [3.05, 3.63) is 36.4 Å². The van der Waals surface area contributed by atoms with E-state index in [1.807, 2.05) is 6.92 Å². The number of unbranched alkanes of at least 4 members (excludes halogenated alkanes) is 1. The third-order valence-electron chi connectivity index (χ3n) is 2.42. The summed E-state index contributed by atoms with van der Waals surface area (Å²) in [6.07, 6.45) is 2.08. The molecule has 5 heteroatoms. The summed E-state index contributed by atoms with van der Waals surface area (Å²) >= 11 is 0. The summed E-state index contributed by atoms with van der Waals surface area (Å²) < 4.78 is 10.5. The highest BCUT2D eigenvalue weighted by atomic mass is 17.2. The number of benzene rings is 1. The molecule has 0 spiro atoms. The van der Waals surface area contributed by atoms with E-state index in [0.29, 0.717) is 24.5 Å². The minimum absolute atomic E-state index is 0.288. The van der Waals surface area contributed by atoms with Crippen molar-refractivity contribution in [3.63, 3.8) is 0 Å². The normalized spacial score (nSPS) is 10.3. The molecule has 1 rings (SSSR count). The van der Waals surface area contributed by atoms with Crippen LogP contribution in [0.15, 0.2) is 24.3 Å². The monoisotopic (exact) mass is 281 g/mol. The van der Waals surface area contributed by atoms with E-state index in [1.165, 1.54) is 6.61 Å². The van der Waals surface area contributed by atoms with Gasteiger partial charge in [0.15, 0.2) is 6.61 Å². The summed E-state index contributed by atoms with van der Waals surface area (Å²) in [4.78, 5) is 20.9. The number of carbonyl (C=O) groups is 1. The van der Waals surface area contributed by atoms with Crippen molar-refractivity contribution in [2.24, 2.45) is 0 Å². The molecule has 0 saturated carbocycles. The maximum absolute atomic E-state index is 11.6. The summed E-state index contributed by atoms with van der Waals surface area (Å²) in [5.41, 5.74) is 0.397. The maximum atomic E-state index is 11.6. The van der Waals surface area contributed by atoms with Crippen LogP contribution in [-0.2, 0) is 14.5 Å². The van der Waals surface area contributed by atoms with Crippen molar-refractivity contribution < 1.29 is 24.0 Å². The van der Waals surface area contributed by atoms with Gasteiger partial charge in [-0.15, -0.1) is 0 Å². The summed E-state index contributed by atoms with van der Waals surface area (Å²) in [5.74, 6) is 0.152. The molecule has 0 aromatic heterocycles. The Morgan fingerprint density at radius 3 is 2.60 bits per heavy atom. The van der Waals surface area contributed by atoms with Gasteiger partial charge < -0.3 is 9.47 Å². The van der Waals surface area contributed by atoms with Crippen LogP contribution in [0, 0.1) is 6.61 Å². The van der Waals surface area contributed by atoms with Gasteiger partial charge in [0, 0.05) is 6.61 Å². The summed E-state index contributed by atoms with van der Waals surface area (Å²) in [6.45, 7) is 6.83. The Labute approximate surface area is 119 Å². The predicted molar refractivity (Wildman–Crippen MR) is 74.1 cm³/mol. The van der Waals surface area contributed by atoms with Crippen molar-refractivity contribution in [2.75, 3.05) is 19.8 Å². The molecule has 0 N–H and O–H groups in total. The van der Waals surface area contributed by atoms with Gasteiger partial charge in [0.1, 0.15) is 5.75 Å². The molecule has 1 aromatic rings. The van der Waals surface area contributed by atoms with Gasteiger partial charge >= 0.3 is 5.97 Å². The Kier molecular flexibility index (Phi) is 8.42. The quantitative estimate of drug-likeness (QED) is 0.374. The molecule has 1 radical (unpaired) electrons. The molecule has 0 saturated heterocycles. The molecule has 0 aliphatic heterocycles. The molecule has 0 amide bonds. The highest BCUT2D eigenvalue weighted by molar-refractivity contribution is 5.89. The van der Waals surface area contributed by atoms with Crippen LogP contribution in [0.3, 0.4) is 0 Å². The molecular weight excluding hydrogens is 260 g/mol. The van der Waals surface area contributed by atoms with Crippen molar-refractivity contribution in [1.82, 2.24) is 0 Å². The second-order valence-corrected chi connectivity index (χ2v) is 4.02. The lowest BCUT2D eigenvalue weighted by Gasteiger charge is -2.05. The Morgan fingerprint density at radius 2 is 1.95 bits per heavy atom. The lowest BCUT2D eigenvalue weighted by Crippen LogP contribution is -2.07. The zero-order valence-corrected chi connectivity index (χ0v) is 12.0. The minimum atomic E-state index is -0.558. The zero-order chi connectivity index (χ0) is 14.6. The Balaban J connectivity index is 2.18. The largest absolute Gasteiger partial charge is 0.494 e. The summed E-state index contributed by atoms with van der Waals surface area (Å²) in [6, 6.07) is 6.65. The van der Waals surface area contributed by atoms with Gasteiger partial charge in [-0.2, -0.15) is 4.89 Å². The molecule has 20 heavy (non-hydrogen) atoms. The number of ether oxygens (including phenoxy) is 2. The molecule has 1 aromatic carbocycles. The van der Waals surface area contributed by atoms with Crippen LogP contribution in [-0.4, -0.2) is 25.8 Å². The third-order valence-corrected chi connectivity index (χ3v) is 2.42. The van der Waals surface area contributed by atoms with Gasteiger partial charge in [-0.1, -0.05) is 13.3 Å². The molecule has 0 aliphatic rings. The molecule has 0 unspecified atom stereocenters. The first-order valence-corrected chi connectivity index (χ1v) is 6.77. The third kappa shape index (κ3) is 6.54. The van der Waals surface area contributed by atoms with Crippen LogP contribution in [0.1, 0.15) is 37.0 Å². The molecule has 0 bridgehead atoms. The number of hydrogen-bond acceptors (Lipinski definition) is 5. The summed E-state index contributed by atoms with van der Waals surface area (Å²) in [5, 5.41) is 0. The minimum Gasteiger partial charge on any atom is -0.494 e. The molecule has 0 heterocycles. The van der Waals surface area contributed by atoms with Gasteiger partial charge in [-0.3, -0.25) is 4.89 Å². The second-order valence-electron chi connectivity index (χ2n) is 4.02. The fraction of sp³-hybridized carbons (Fsp3) is 0.467. The predicted octanol–water partition coefficient (Wildman–Crippen LogP) is 3.15. The van der Waals surface area contributed by atoms with Crippen LogP contribution >= 0.6 is 0 Å². The highest BCUT2D eigenvalue weighted by Gasteiger charge is 2.08. The molecule has 5 nitrogen and oxygen atoms in total. The van der Waals surface area contributed by atoms with E-state index in [-0.39, 0.29) is 6.61 Å². The van der Waals surface area contributed by atoms with Crippen molar-refractivity contribution in [1.29, 1.82) is 0 Å². The van der Waals surface area contributed by atoms with E-state index in [1.54, 1.807) is 24.3 Å². The lowest BCUT2D eigenvalue weighted by molar-refractivity contribution is -0.218.